The maximum absolute atomic E-state index is 12.7. The van der Waals surface area contributed by atoms with E-state index < -0.39 is 0 Å². The molecule has 0 fully saturated rings. The van der Waals surface area contributed by atoms with Gasteiger partial charge >= 0.3 is 0 Å². The molecule has 3 rings (SSSR count). The lowest BCUT2D eigenvalue weighted by Crippen LogP contribution is -2.15. The van der Waals surface area contributed by atoms with Gasteiger partial charge in [0.25, 0.3) is 5.91 Å². The lowest BCUT2D eigenvalue weighted by Gasteiger charge is -2.16. The normalized spacial score (nSPS) is 10.7. The highest BCUT2D eigenvalue weighted by Gasteiger charge is 2.14. The van der Waals surface area contributed by atoms with E-state index in [1.165, 1.54) is 19.3 Å². The molecule has 2 N–H and O–H groups in total. The number of hydrogen-bond acceptors (Lipinski definition) is 5. The van der Waals surface area contributed by atoms with E-state index in [-0.39, 0.29) is 11.7 Å². The lowest BCUT2D eigenvalue weighted by molar-refractivity contribution is 0.101. The van der Waals surface area contributed by atoms with Crippen molar-refractivity contribution in [3.63, 3.8) is 0 Å². The molecule has 148 valence electrons. The number of aromatic nitrogens is 2. The molecule has 6 nitrogen and oxygen atoms in total. The highest BCUT2D eigenvalue weighted by atomic mass is 16.1. The van der Waals surface area contributed by atoms with Gasteiger partial charge < -0.3 is 10.6 Å². The number of para-hydroxylation sites is 1. The second-order valence-corrected chi connectivity index (χ2v) is 7.21. The van der Waals surface area contributed by atoms with E-state index in [1.807, 2.05) is 31.2 Å². The lowest BCUT2D eigenvalue weighted by atomic mass is 9.98. The van der Waals surface area contributed by atoms with Crippen molar-refractivity contribution >= 4 is 29.0 Å². The summed E-state index contributed by atoms with van der Waals surface area (Å²) in [6.45, 7) is 7.67. The average Bonchev–Trinajstić information content (AvgIpc) is 2.70. The summed E-state index contributed by atoms with van der Waals surface area (Å²) >= 11 is 0. The van der Waals surface area contributed by atoms with Crippen molar-refractivity contribution in [2.24, 2.45) is 0 Å². The number of hydrogen-bond donors (Lipinski definition) is 2. The van der Waals surface area contributed by atoms with Gasteiger partial charge in [-0.3, -0.25) is 9.59 Å². The summed E-state index contributed by atoms with van der Waals surface area (Å²) < 4.78 is 0. The number of Topliss-reactive ketones (excluding diaryl/α,β-unsaturated/α-hetero) is 1. The van der Waals surface area contributed by atoms with Crippen LogP contribution in [0.3, 0.4) is 0 Å². The van der Waals surface area contributed by atoms with Crippen LogP contribution in [0, 0.1) is 6.92 Å². The van der Waals surface area contributed by atoms with E-state index in [4.69, 9.17) is 0 Å². The first kappa shape index (κ1) is 20.2. The number of ketones is 1. The van der Waals surface area contributed by atoms with Gasteiger partial charge in [-0.05, 0) is 43.0 Å². The van der Waals surface area contributed by atoms with Crippen molar-refractivity contribution in [1.82, 2.24) is 9.97 Å². The minimum atomic E-state index is -0.258. The van der Waals surface area contributed by atoms with Gasteiger partial charge in [0.05, 0.1) is 5.56 Å². The predicted octanol–water partition coefficient (Wildman–Crippen LogP) is 5.11. The molecule has 1 amide bonds. The minimum absolute atomic E-state index is 0.0152. The summed E-state index contributed by atoms with van der Waals surface area (Å²) in [6.07, 6.45) is 2.96. The molecule has 2 aromatic carbocycles. The van der Waals surface area contributed by atoms with E-state index in [1.54, 1.807) is 18.2 Å². The Balaban J connectivity index is 1.75. The maximum Gasteiger partial charge on any atom is 0.258 e. The van der Waals surface area contributed by atoms with Gasteiger partial charge in [-0.1, -0.05) is 44.2 Å². The van der Waals surface area contributed by atoms with E-state index in [2.05, 4.69) is 34.4 Å². The number of nitrogens with one attached hydrogen (secondary N) is 2. The summed E-state index contributed by atoms with van der Waals surface area (Å²) in [4.78, 5) is 32.6. The molecule has 0 radical (unpaired) electrons. The fourth-order valence-corrected chi connectivity index (χ4v) is 2.98. The van der Waals surface area contributed by atoms with Crippen LogP contribution in [-0.4, -0.2) is 21.7 Å². The van der Waals surface area contributed by atoms with Gasteiger partial charge in [0, 0.05) is 29.3 Å². The molecule has 29 heavy (non-hydrogen) atoms. The van der Waals surface area contributed by atoms with E-state index in [9.17, 15) is 9.59 Å². The third-order valence-electron chi connectivity index (χ3n) is 4.60. The van der Waals surface area contributed by atoms with Crippen molar-refractivity contribution in [1.29, 1.82) is 0 Å². The monoisotopic (exact) mass is 388 g/mol. The fourth-order valence-electron chi connectivity index (χ4n) is 2.98. The molecule has 6 heteroatoms. The molecule has 0 bridgehead atoms. The zero-order valence-electron chi connectivity index (χ0n) is 17.0. The van der Waals surface area contributed by atoms with Crippen LogP contribution in [0.4, 0.5) is 17.3 Å². The Labute approximate surface area is 170 Å². The zero-order valence-corrected chi connectivity index (χ0v) is 17.0. The molecule has 0 aliphatic carbocycles. The van der Waals surface area contributed by atoms with E-state index >= 15 is 0 Å². The Morgan fingerprint density at radius 2 is 1.66 bits per heavy atom. The number of carbonyl (C=O) groups excluding carboxylic acids is 2. The number of nitrogens with zero attached hydrogens (tertiary/aromatic N) is 2. The first-order valence-corrected chi connectivity index (χ1v) is 9.46. The second-order valence-electron chi connectivity index (χ2n) is 7.21. The standard InChI is InChI=1S/C23H24N4O2/c1-14(2)20-10-5-7-15(3)21(20)27-22(29)18-12-24-23(25-13-18)26-19-9-6-8-17(11-19)16(4)28/h5-14H,1-4H3,(H,27,29)(H,24,25,26). The number of aryl methyl sites for hydroxylation is 1. The molecular weight excluding hydrogens is 364 g/mol. The Morgan fingerprint density at radius 3 is 2.31 bits per heavy atom. The van der Waals surface area contributed by atoms with E-state index in [0.717, 1.165) is 16.8 Å². The molecule has 0 saturated heterocycles. The van der Waals surface area contributed by atoms with Crippen molar-refractivity contribution in [2.75, 3.05) is 10.6 Å². The van der Waals surface area contributed by atoms with Crippen LogP contribution >= 0.6 is 0 Å². The molecule has 0 aliphatic rings. The third kappa shape index (κ3) is 4.85. The van der Waals surface area contributed by atoms with Gasteiger partial charge in [-0.15, -0.1) is 0 Å². The van der Waals surface area contributed by atoms with Crippen LogP contribution in [-0.2, 0) is 0 Å². The Kier molecular flexibility index (Phi) is 6.02. The van der Waals surface area contributed by atoms with Crippen LogP contribution in [0.2, 0.25) is 0 Å². The SMILES string of the molecule is CC(=O)c1cccc(Nc2ncc(C(=O)Nc3c(C)cccc3C(C)C)cn2)c1. The Bertz CT molecular complexity index is 1040. The summed E-state index contributed by atoms with van der Waals surface area (Å²) in [6, 6.07) is 13.1. The number of benzene rings is 2. The Hall–Kier alpha value is -3.54. The van der Waals surface area contributed by atoms with Crippen molar-refractivity contribution in [3.05, 3.63) is 77.1 Å². The molecular formula is C23H24N4O2. The van der Waals surface area contributed by atoms with Crippen LogP contribution in [0.1, 0.15) is 58.5 Å². The number of anilines is 3. The van der Waals surface area contributed by atoms with Gasteiger partial charge in [0.15, 0.2) is 5.78 Å². The summed E-state index contributed by atoms with van der Waals surface area (Å²) in [5, 5.41) is 6.03. The summed E-state index contributed by atoms with van der Waals surface area (Å²) in [7, 11) is 0. The molecule has 0 unspecified atom stereocenters. The maximum atomic E-state index is 12.7. The molecule has 0 saturated carbocycles. The topological polar surface area (TPSA) is 84.0 Å². The highest BCUT2D eigenvalue weighted by Crippen LogP contribution is 2.27. The quantitative estimate of drug-likeness (QED) is 0.574. The van der Waals surface area contributed by atoms with Gasteiger partial charge in [-0.25, -0.2) is 9.97 Å². The minimum Gasteiger partial charge on any atom is -0.324 e. The van der Waals surface area contributed by atoms with E-state index in [0.29, 0.717) is 28.7 Å². The molecule has 1 heterocycles. The number of amides is 1. The van der Waals surface area contributed by atoms with Gasteiger partial charge in [0.2, 0.25) is 5.95 Å². The van der Waals surface area contributed by atoms with Crippen LogP contribution in [0.15, 0.2) is 54.9 Å². The molecule has 0 spiro atoms. The first-order chi connectivity index (χ1) is 13.8. The summed E-state index contributed by atoms with van der Waals surface area (Å²) in [5.41, 5.74) is 4.60. The number of carbonyl (C=O) groups is 2. The predicted molar refractivity (Wildman–Crippen MR) is 115 cm³/mol. The fraction of sp³-hybridized carbons (Fsp3) is 0.217. The third-order valence-corrected chi connectivity index (χ3v) is 4.60. The van der Waals surface area contributed by atoms with Gasteiger partial charge in [0.1, 0.15) is 0 Å². The molecule has 1 aromatic heterocycles. The average molecular weight is 388 g/mol. The van der Waals surface area contributed by atoms with Crippen molar-refractivity contribution in [2.45, 2.75) is 33.6 Å². The number of rotatable bonds is 6. The highest BCUT2D eigenvalue weighted by molar-refractivity contribution is 6.04. The van der Waals surface area contributed by atoms with Crippen molar-refractivity contribution < 1.29 is 9.59 Å². The second kappa shape index (κ2) is 8.65. The van der Waals surface area contributed by atoms with Gasteiger partial charge in [-0.2, -0.15) is 0 Å². The van der Waals surface area contributed by atoms with Crippen LogP contribution < -0.4 is 10.6 Å². The zero-order chi connectivity index (χ0) is 21.0. The van der Waals surface area contributed by atoms with Crippen molar-refractivity contribution in [3.8, 4) is 0 Å². The summed E-state index contributed by atoms with van der Waals surface area (Å²) in [5.74, 6) is 0.365. The van der Waals surface area contributed by atoms with Crippen LogP contribution in [0.25, 0.3) is 0 Å². The Morgan fingerprint density at radius 1 is 0.966 bits per heavy atom. The largest absolute Gasteiger partial charge is 0.324 e. The molecule has 0 atom stereocenters. The molecule has 3 aromatic rings. The molecule has 0 aliphatic heterocycles. The first-order valence-electron chi connectivity index (χ1n) is 9.46. The van der Waals surface area contributed by atoms with Crippen LogP contribution in [0.5, 0.6) is 0 Å². The smallest absolute Gasteiger partial charge is 0.258 e.